The topological polar surface area (TPSA) is 75.7 Å². The minimum Gasteiger partial charge on any atom is -0.385 e. The molecule has 0 bridgehead atoms. The molecule has 0 spiro atoms. The number of benzene rings is 1. The summed E-state index contributed by atoms with van der Waals surface area (Å²) in [6.45, 7) is 4.37. The Hall–Kier alpha value is -1.09. The lowest BCUT2D eigenvalue weighted by molar-refractivity contribution is -0.118. The molecule has 8 heteroatoms. The number of rotatable bonds is 7. The lowest BCUT2D eigenvalue weighted by atomic mass is 10.1. The highest BCUT2D eigenvalue weighted by Crippen LogP contribution is 2.26. The van der Waals surface area contributed by atoms with Crippen molar-refractivity contribution in [2.45, 2.75) is 26.3 Å². The molecule has 0 aliphatic carbocycles. The van der Waals surface area contributed by atoms with Crippen molar-refractivity contribution in [2.24, 2.45) is 0 Å². The van der Waals surface area contributed by atoms with Crippen LogP contribution in [-0.4, -0.2) is 55.8 Å². The minimum absolute atomic E-state index is 0.00514. The summed E-state index contributed by atoms with van der Waals surface area (Å²) in [7, 11) is -1.92. The molecule has 1 heterocycles. The van der Waals surface area contributed by atoms with Gasteiger partial charge in [-0.3, -0.25) is 4.79 Å². The fraction of sp³-hybridized carbons (Fsp3) is 0.562. The highest BCUT2D eigenvalue weighted by atomic mass is 32.2. The molecular weight excluding hydrogens is 348 g/mol. The second-order valence-corrected chi connectivity index (χ2v) is 8.89. The summed E-state index contributed by atoms with van der Waals surface area (Å²) in [5.74, 6) is 0.508. The highest BCUT2D eigenvalue weighted by Gasteiger charge is 2.38. The number of hydrogen-bond donors (Lipinski definition) is 1. The third-order valence-corrected chi connectivity index (χ3v) is 7.11. The Morgan fingerprint density at radius 1 is 1.38 bits per heavy atom. The second kappa shape index (κ2) is 8.33. The largest absolute Gasteiger partial charge is 0.385 e. The van der Waals surface area contributed by atoms with Gasteiger partial charge in [0, 0.05) is 25.2 Å². The van der Waals surface area contributed by atoms with Gasteiger partial charge in [-0.25, -0.2) is 8.42 Å². The van der Waals surface area contributed by atoms with E-state index in [2.05, 4.69) is 5.32 Å². The van der Waals surface area contributed by atoms with Crippen molar-refractivity contribution in [1.82, 2.24) is 4.31 Å². The van der Waals surface area contributed by atoms with Crippen LogP contribution in [0.4, 0.5) is 5.69 Å². The van der Waals surface area contributed by atoms with Crippen molar-refractivity contribution in [2.75, 3.05) is 36.4 Å². The Kier molecular flexibility index (Phi) is 6.68. The Balaban J connectivity index is 2.06. The molecule has 1 saturated heterocycles. The van der Waals surface area contributed by atoms with Gasteiger partial charge in [0.1, 0.15) is 6.04 Å². The van der Waals surface area contributed by atoms with Gasteiger partial charge in [0.25, 0.3) is 0 Å². The molecule has 6 nitrogen and oxygen atoms in total. The summed E-state index contributed by atoms with van der Waals surface area (Å²) in [5, 5.41) is 2.84. The number of aryl methyl sites for hydroxylation is 2. The van der Waals surface area contributed by atoms with Crippen LogP contribution in [0, 0.1) is 13.8 Å². The molecule has 0 saturated carbocycles. The molecular formula is C16H24N2O4S2. The van der Waals surface area contributed by atoms with E-state index in [1.807, 2.05) is 32.0 Å². The maximum atomic E-state index is 12.5. The first-order valence-corrected chi connectivity index (χ1v) is 10.6. The monoisotopic (exact) mass is 372 g/mol. The zero-order chi connectivity index (χ0) is 17.7. The van der Waals surface area contributed by atoms with Gasteiger partial charge in [-0.2, -0.15) is 4.31 Å². The second-order valence-electron chi connectivity index (χ2n) is 5.85. The summed E-state index contributed by atoms with van der Waals surface area (Å²) in [6.07, 6.45) is 0.422. The standard InChI is InChI=1S/C16H24N2O4S2/c1-12-5-6-14(9-13(12)2)17-16(19)15-10-23-11-18(15)24(20,21)8-4-7-22-3/h5-6,9,15H,4,7-8,10-11H2,1-3H3,(H,17,19). The Morgan fingerprint density at radius 3 is 2.79 bits per heavy atom. The fourth-order valence-corrected chi connectivity index (χ4v) is 5.71. The van der Waals surface area contributed by atoms with E-state index in [1.165, 1.54) is 23.2 Å². The van der Waals surface area contributed by atoms with Crippen LogP contribution in [-0.2, 0) is 19.6 Å². The van der Waals surface area contributed by atoms with Gasteiger partial charge in [0.2, 0.25) is 15.9 Å². The zero-order valence-electron chi connectivity index (χ0n) is 14.2. The molecule has 2 rings (SSSR count). The van der Waals surface area contributed by atoms with Gasteiger partial charge in [-0.15, -0.1) is 11.8 Å². The number of anilines is 1. The van der Waals surface area contributed by atoms with Crippen molar-refractivity contribution in [1.29, 1.82) is 0 Å². The number of ether oxygens (including phenoxy) is 1. The normalized spacial score (nSPS) is 18.7. The average Bonchev–Trinajstić information content (AvgIpc) is 3.02. The van der Waals surface area contributed by atoms with Crippen molar-refractivity contribution in [3.8, 4) is 0 Å². The number of thioether (sulfide) groups is 1. The average molecular weight is 373 g/mol. The molecule has 1 aliphatic rings. The van der Waals surface area contributed by atoms with Crippen molar-refractivity contribution >= 4 is 33.4 Å². The van der Waals surface area contributed by atoms with Crippen LogP contribution in [0.15, 0.2) is 18.2 Å². The smallest absolute Gasteiger partial charge is 0.243 e. The van der Waals surface area contributed by atoms with Crippen LogP contribution in [0.3, 0.4) is 0 Å². The van der Waals surface area contributed by atoms with Crippen LogP contribution >= 0.6 is 11.8 Å². The van der Waals surface area contributed by atoms with E-state index in [4.69, 9.17) is 4.74 Å². The lowest BCUT2D eigenvalue weighted by Crippen LogP contribution is -2.45. The molecule has 1 fully saturated rings. The highest BCUT2D eigenvalue weighted by molar-refractivity contribution is 8.00. The van der Waals surface area contributed by atoms with Crippen LogP contribution < -0.4 is 5.32 Å². The van der Waals surface area contributed by atoms with Gasteiger partial charge < -0.3 is 10.1 Å². The number of carbonyl (C=O) groups is 1. The summed E-state index contributed by atoms with van der Waals surface area (Å²) >= 11 is 1.46. The van der Waals surface area contributed by atoms with Crippen LogP contribution in [0.2, 0.25) is 0 Å². The quantitative estimate of drug-likeness (QED) is 0.741. The zero-order valence-corrected chi connectivity index (χ0v) is 15.9. The molecule has 0 aromatic heterocycles. The molecule has 134 valence electrons. The van der Waals surface area contributed by atoms with Crippen molar-refractivity contribution in [3.63, 3.8) is 0 Å². The van der Waals surface area contributed by atoms with E-state index in [1.54, 1.807) is 0 Å². The molecule has 1 aromatic rings. The van der Waals surface area contributed by atoms with Gasteiger partial charge in [0.05, 0.1) is 11.6 Å². The first-order chi connectivity index (χ1) is 11.3. The molecule has 24 heavy (non-hydrogen) atoms. The van der Waals surface area contributed by atoms with Gasteiger partial charge in [-0.05, 0) is 43.5 Å². The minimum atomic E-state index is -3.46. The summed E-state index contributed by atoms with van der Waals surface area (Å²) in [6, 6.07) is 5.00. The third-order valence-electron chi connectivity index (χ3n) is 4.03. The predicted molar refractivity (Wildman–Crippen MR) is 97.8 cm³/mol. The van der Waals surface area contributed by atoms with E-state index in [0.717, 1.165) is 11.1 Å². The van der Waals surface area contributed by atoms with Gasteiger partial charge in [0.15, 0.2) is 0 Å². The number of carbonyl (C=O) groups excluding carboxylic acids is 1. The van der Waals surface area contributed by atoms with E-state index in [0.29, 0.717) is 30.3 Å². The van der Waals surface area contributed by atoms with Gasteiger partial charge >= 0.3 is 0 Å². The number of methoxy groups -OCH3 is 1. The summed E-state index contributed by atoms with van der Waals surface area (Å²) in [4.78, 5) is 12.5. The van der Waals surface area contributed by atoms with E-state index >= 15 is 0 Å². The van der Waals surface area contributed by atoms with E-state index in [-0.39, 0.29) is 11.7 Å². The molecule has 1 N–H and O–H groups in total. The van der Waals surface area contributed by atoms with Crippen LogP contribution in [0.25, 0.3) is 0 Å². The molecule has 1 aromatic carbocycles. The van der Waals surface area contributed by atoms with Crippen molar-refractivity contribution < 1.29 is 17.9 Å². The molecule has 1 aliphatic heterocycles. The summed E-state index contributed by atoms with van der Waals surface area (Å²) < 4.78 is 31.1. The fourth-order valence-electron chi connectivity index (χ4n) is 2.46. The Bertz CT molecular complexity index is 691. The first kappa shape index (κ1) is 19.2. The predicted octanol–water partition coefficient (Wildman–Crippen LogP) is 1.98. The van der Waals surface area contributed by atoms with Crippen molar-refractivity contribution in [3.05, 3.63) is 29.3 Å². The van der Waals surface area contributed by atoms with Gasteiger partial charge in [-0.1, -0.05) is 6.07 Å². The van der Waals surface area contributed by atoms with Crippen LogP contribution in [0.5, 0.6) is 0 Å². The molecule has 0 radical (unpaired) electrons. The summed E-state index contributed by atoms with van der Waals surface area (Å²) in [5.41, 5.74) is 2.92. The Labute approximate surface area is 148 Å². The third kappa shape index (κ3) is 4.72. The SMILES string of the molecule is COCCCS(=O)(=O)N1CSCC1C(=O)Nc1ccc(C)c(C)c1. The number of nitrogens with one attached hydrogen (secondary N) is 1. The molecule has 1 atom stereocenters. The number of amides is 1. The lowest BCUT2D eigenvalue weighted by Gasteiger charge is -2.22. The van der Waals surface area contributed by atoms with E-state index < -0.39 is 16.1 Å². The first-order valence-electron chi connectivity index (χ1n) is 7.79. The van der Waals surface area contributed by atoms with E-state index in [9.17, 15) is 13.2 Å². The molecule has 1 unspecified atom stereocenters. The number of nitrogens with zero attached hydrogens (tertiary/aromatic N) is 1. The number of sulfonamides is 1. The molecule has 1 amide bonds. The van der Waals surface area contributed by atoms with Crippen LogP contribution in [0.1, 0.15) is 17.5 Å². The Morgan fingerprint density at radius 2 is 2.12 bits per heavy atom. The maximum Gasteiger partial charge on any atom is 0.243 e. The maximum absolute atomic E-state index is 12.5. The number of hydrogen-bond acceptors (Lipinski definition) is 5.